The number of aliphatic hydroxyl groups is 1. The van der Waals surface area contributed by atoms with Crippen LogP contribution in [-0.4, -0.2) is 136 Å². The first-order valence-corrected chi connectivity index (χ1v) is 17.3. The van der Waals surface area contributed by atoms with Crippen molar-refractivity contribution in [1.29, 1.82) is 0 Å². The van der Waals surface area contributed by atoms with Gasteiger partial charge in [-0.1, -0.05) is 0 Å². The number of aliphatic carboxylic acids is 2. The number of nitrogens with one attached hydrogen (secondary N) is 5. The molecule has 0 bridgehead atoms. The number of unbranched alkanes of at least 4 members (excludes halogenated alkanes) is 1. The van der Waals surface area contributed by atoms with Crippen molar-refractivity contribution >= 4 is 66.0 Å². The van der Waals surface area contributed by atoms with Gasteiger partial charge in [0.2, 0.25) is 29.5 Å². The summed E-state index contributed by atoms with van der Waals surface area (Å²) in [6, 6.07) is -8.66. The second-order valence-corrected chi connectivity index (χ2v) is 12.2. The highest BCUT2D eigenvalue weighted by Gasteiger charge is 2.33. The molecule has 0 aliphatic carbocycles. The fourth-order valence-corrected chi connectivity index (χ4v) is 4.71. The number of carbonyl (C=O) groups excluding carboxylic acids is 5. The van der Waals surface area contributed by atoms with Gasteiger partial charge in [-0.25, -0.2) is 4.79 Å². The van der Waals surface area contributed by atoms with Crippen molar-refractivity contribution in [2.24, 2.45) is 44.4 Å². The van der Waals surface area contributed by atoms with E-state index in [1.165, 1.54) is 6.92 Å². The summed E-state index contributed by atoms with van der Waals surface area (Å²) in [7, 11) is 0. The molecule has 5 amide bonds. The first kappa shape index (κ1) is 48.1. The third-order valence-electron chi connectivity index (χ3n) is 7.37. The summed E-state index contributed by atoms with van der Waals surface area (Å²) < 4.78 is 0. The van der Waals surface area contributed by atoms with E-state index in [4.69, 9.17) is 34.4 Å². The first-order valence-electron chi connectivity index (χ1n) is 16.7. The van der Waals surface area contributed by atoms with Gasteiger partial charge < -0.3 is 76.3 Å². The zero-order valence-corrected chi connectivity index (χ0v) is 30.4. The normalized spacial score (nSPS) is 14.7. The smallest absolute Gasteiger partial charge is 0.326 e. The van der Waals surface area contributed by atoms with Crippen LogP contribution in [0.15, 0.2) is 9.98 Å². The summed E-state index contributed by atoms with van der Waals surface area (Å²) >= 11 is 4.09. The lowest BCUT2D eigenvalue weighted by Crippen LogP contribution is -2.60. The van der Waals surface area contributed by atoms with E-state index in [1.54, 1.807) is 0 Å². The number of rotatable bonds is 27. The van der Waals surface area contributed by atoms with Crippen molar-refractivity contribution in [3.8, 4) is 0 Å². The Morgan fingerprint density at radius 1 is 0.623 bits per heavy atom. The SMILES string of the molecule is C[C@@H](O)[C@H](N)C(=O)N[C@@H](CC(=O)O)C(=O)N[C@@H](CS)C(=O)N[C@@H](CCCN=C(N)N)C(=O)N[C@@H](CCCCN)C(=O)N[C@@H](CCCN=C(N)N)C(=O)O. The van der Waals surface area contributed by atoms with E-state index in [9.17, 15) is 48.9 Å². The van der Waals surface area contributed by atoms with Crippen LogP contribution in [0, 0.1) is 0 Å². The molecule has 0 saturated heterocycles. The average Bonchev–Trinajstić information content (AvgIpc) is 3.07. The van der Waals surface area contributed by atoms with Gasteiger partial charge in [-0.15, -0.1) is 0 Å². The number of carboxylic acid groups (broad SMARTS) is 2. The fraction of sp³-hybridized carbons (Fsp3) is 0.690. The Morgan fingerprint density at radius 3 is 1.43 bits per heavy atom. The molecule has 7 atom stereocenters. The molecule has 53 heavy (non-hydrogen) atoms. The summed E-state index contributed by atoms with van der Waals surface area (Å²) in [5, 5.41) is 40.4. The molecule has 0 rings (SSSR count). The second kappa shape index (κ2) is 25.9. The Balaban J connectivity index is 6.15. The van der Waals surface area contributed by atoms with Crippen LogP contribution in [0.5, 0.6) is 0 Å². The monoisotopic (exact) mass is 777 g/mol. The molecule has 0 saturated carbocycles. The van der Waals surface area contributed by atoms with Crippen LogP contribution in [0.3, 0.4) is 0 Å². The molecule has 0 spiro atoms. The van der Waals surface area contributed by atoms with Gasteiger partial charge in [0.1, 0.15) is 36.3 Å². The summed E-state index contributed by atoms with van der Waals surface area (Å²) in [4.78, 5) is 96.6. The van der Waals surface area contributed by atoms with Gasteiger partial charge in [0.25, 0.3) is 0 Å². The first-order chi connectivity index (χ1) is 24.8. The predicted octanol–water partition coefficient (Wildman–Crippen LogP) is -6.16. The minimum atomic E-state index is -1.72. The molecular formula is C29H55N13O10S. The fourth-order valence-electron chi connectivity index (χ4n) is 4.45. The topological polar surface area (TPSA) is 421 Å². The number of guanidine groups is 2. The number of hydrogen-bond donors (Lipinski definition) is 15. The second-order valence-electron chi connectivity index (χ2n) is 11.9. The van der Waals surface area contributed by atoms with Gasteiger partial charge >= 0.3 is 11.9 Å². The van der Waals surface area contributed by atoms with E-state index >= 15 is 0 Å². The quantitative estimate of drug-likeness (QED) is 0.0160. The maximum Gasteiger partial charge on any atom is 0.326 e. The largest absolute Gasteiger partial charge is 0.481 e. The lowest BCUT2D eigenvalue weighted by molar-refractivity contribution is -0.143. The number of aliphatic imine (C=N–C) groups is 2. The van der Waals surface area contributed by atoms with Crippen molar-refractivity contribution in [3.05, 3.63) is 0 Å². The van der Waals surface area contributed by atoms with E-state index in [0.29, 0.717) is 12.8 Å². The van der Waals surface area contributed by atoms with Crippen LogP contribution in [0.4, 0.5) is 0 Å². The number of aliphatic hydroxyl groups excluding tert-OH is 1. The molecular weight excluding hydrogens is 722 g/mol. The van der Waals surface area contributed by atoms with E-state index in [2.05, 4.69) is 49.2 Å². The lowest BCUT2D eigenvalue weighted by Gasteiger charge is -2.26. The minimum absolute atomic E-state index is 0.0357. The number of thiol groups is 1. The molecule has 20 N–H and O–H groups in total. The third-order valence-corrected chi connectivity index (χ3v) is 7.73. The van der Waals surface area contributed by atoms with E-state index in [-0.39, 0.29) is 69.4 Å². The number of hydrogen-bond acceptors (Lipinski definition) is 13. The van der Waals surface area contributed by atoms with E-state index in [0.717, 1.165) is 0 Å². The number of nitrogens with zero attached hydrogens (tertiary/aromatic N) is 2. The Bertz CT molecular complexity index is 1300. The molecule has 0 radical (unpaired) electrons. The molecule has 302 valence electrons. The van der Waals surface area contributed by atoms with Crippen molar-refractivity contribution in [1.82, 2.24) is 26.6 Å². The Kier molecular flexibility index (Phi) is 23.5. The highest BCUT2D eigenvalue weighted by atomic mass is 32.1. The molecule has 0 aromatic rings. The molecule has 24 heteroatoms. The maximum absolute atomic E-state index is 13.6. The molecule has 0 aromatic carbocycles. The summed E-state index contributed by atoms with van der Waals surface area (Å²) in [5.74, 6) is -8.36. The molecule has 23 nitrogen and oxygen atoms in total. The lowest BCUT2D eigenvalue weighted by atomic mass is 10.0. The van der Waals surface area contributed by atoms with Crippen LogP contribution in [0.25, 0.3) is 0 Å². The van der Waals surface area contributed by atoms with Gasteiger partial charge in [0.15, 0.2) is 11.9 Å². The number of amides is 5. The summed E-state index contributed by atoms with van der Waals surface area (Å²) in [6.07, 6.45) is -1.12. The summed E-state index contributed by atoms with van der Waals surface area (Å²) in [5.41, 5.74) is 32.5. The summed E-state index contributed by atoms with van der Waals surface area (Å²) in [6.45, 7) is 1.64. The van der Waals surface area contributed by atoms with Gasteiger partial charge in [0.05, 0.1) is 12.5 Å². The molecule has 0 aliphatic rings. The van der Waals surface area contributed by atoms with Crippen LogP contribution in [0.1, 0.15) is 58.3 Å². The van der Waals surface area contributed by atoms with Crippen molar-refractivity contribution in [2.75, 3.05) is 25.4 Å². The van der Waals surface area contributed by atoms with Gasteiger partial charge in [0, 0.05) is 18.8 Å². The van der Waals surface area contributed by atoms with Gasteiger partial charge in [-0.3, -0.25) is 38.8 Å². The molecule has 0 aliphatic heterocycles. The number of carbonyl (C=O) groups is 7. The zero-order chi connectivity index (χ0) is 40.7. The highest BCUT2D eigenvalue weighted by Crippen LogP contribution is 2.08. The van der Waals surface area contributed by atoms with Crippen LogP contribution in [-0.2, 0) is 33.6 Å². The molecule has 0 unspecified atom stereocenters. The van der Waals surface area contributed by atoms with Crippen LogP contribution < -0.4 is 61.0 Å². The number of nitrogens with two attached hydrogens (primary N) is 6. The zero-order valence-electron chi connectivity index (χ0n) is 29.5. The Hall–Kier alpha value is -4.94. The van der Waals surface area contributed by atoms with E-state index < -0.39 is 90.3 Å². The third kappa shape index (κ3) is 20.6. The van der Waals surface area contributed by atoms with Crippen molar-refractivity contribution in [3.63, 3.8) is 0 Å². The maximum atomic E-state index is 13.6. The average molecular weight is 778 g/mol. The van der Waals surface area contributed by atoms with Crippen LogP contribution in [0.2, 0.25) is 0 Å². The van der Waals surface area contributed by atoms with Crippen molar-refractivity contribution in [2.45, 2.75) is 101 Å². The standard InChI is InChI=1S/C29H55N13O10S/c1-14(43)21(31)26(50)41-18(12-20(44)45)24(48)42-19(13-53)25(49)39-16(7-4-10-36-28(32)33)22(46)38-15(6-2-3-9-30)23(47)40-17(27(51)52)8-5-11-37-29(34)35/h14-19,21,43,53H,2-13,30-31H2,1H3,(H,38,46)(H,39,49)(H,40,47)(H,41,50)(H,42,48)(H,44,45)(H,51,52)(H4,32,33,36)(H4,34,35,37)/t14-,15+,16+,17+,18+,19+,21+/m1/s1. The molecule has 0 aromatic heterocycles. The molecule has 0 heterocycles. The van der Waals surface area contributed by atoms with Crippen molar-refractivity contribution < 1.29 is 48.9 Å². The predicted molar refractivity (Wildman–Crippen MR) is 196 cm³/mol. The molecule has 0 fully saturated rings. The number of carboxylic acids is 2. The Morgan fingerprint density at radius 2 is 1.02 bits per heavy atom. The van der Waals surface area contributed by atoms with Crippen LogP contribution >= 0.6 is 12.6 Å². The van der Waals surface area contributed by atoms with Gasteiger partial charge in [-0.05, 0) is 58.4 Å². The van der Waals surface area contributed by atoms with E-state index in [1.807, 2.05) is 0 Å². The minimum Gasteiger partial charge on any atom is -0.481 e. The highest BCUT2D eigenvalue weighted by molar-refractivity contribution is 7.80. The Labute approximate surface area is 311 Å². The van der Waals surface area contributed by atoms with Gasteiger partial charge in [-0.2, -0.15) is 12.6 Å².